The molecule has 0 saturated carbocycles. The van der Waals surface area contributed by atoms with Gasteiger partial charge < -0.3 is 10.2 Å². The van der Waals surface area contributed by atoms with Gasteiger partial charge in [0.25, 0.3) is 0 Å². The van der Waals surface area contributed by atoms with Crippen LogP contribution in [0.5, 0.6) is 0 Å². The second-order valence-electron chi connectivity index (χ2n) is 4.36. The van der Waals surface area contributed by atoms with Crippen LogP contribution in [-0.2, 0) is 0 Å². The minimum atomic E-state index is 0.841. The van der Waals surface area contributed by atoms with Crippen molar-refractivity contribution in [1.82, 2.24) is 14.7 Å². The van der Waals surface area contributed by atoms with Gasteiger partial charge in [-0.1, -0.05) is 30.3 Å². The SMILES string of the molecule is c1ccc(-c2nsc(N3CCCNCC3)n2)cc1. The van der Waals surface area contributed by atoms with Gasteiger partial charge in [-0.25, -0.2) is 0 Å². The summed E-state index contributed by atoms with van der Waals surface area (Å²) in [5.41, 5.74) is 1.09. The summed E-state index contributed by atoms with van der Waals surface area (Å²) in [4.78, 5) is 6.97. The third-order valence-corrected chi connectivity index (χ3v) is 3.83. The van der Waals surface area contributed by atoms with Crippen LogP contribution in [0.4, 0.5) is 5.13 Å². The van der Waals surface area contributed by atoms with Crippen molar-refractivity contribution in [3.05, 3.63) is 30.3 Å². The number of hydrogen-bond donors (Lipinski definition) is 1. The van der Waals surface area contributed by atoms with Crippen LogP contribution in [-0.4, -0.2) is 35.5 Å². The number of rotatable bonds is 2. The zero-order chi connectivity index (χ0) is 12.2. The van der Waals surface area contributed by atoms with Gasteiger partial charge in [0.05, 0.1) is 0 Å². The zero-order valence-electron chi connectivity index (χ0n) is 10.2. The van der Waals surface area contributed by atoms with E-state index in [-0.39, 0.29) is 0 Å². The van der Waals surface area contributed by atoms with Crippen LogP contribution in [0.2, 0.25) is 0 Å². The number of nitrogens with zero attached hydrogens (tertiary/aromatic N) is 3. The van der Waals surface area contributed by atoms with E-state index in [1.165, 1.54) is 18.0 Å². The standard InChI is InChI=1S/C13H16N4S/c1-2-5-11(6-3-1)12-15-13(18-16-12)17-9-4-7-14-8-10-17/h1-3,5-6,14H,4,7-10H2. The molecule has 0 atom stereocenters. The average Bonchev–Trinajstić information content (AvgIpc) is 2.76. The number of anilines is 1. The molecule has 0 amide bonds. The van der Waals surface area contributed by atoms with Gasteiger partial charge in [-0.3, -0.25) is 0 Å². The summed E-state index contributed by atoms with van der Waals surface area (Å²) in [5.74, 6) is 0.841. The average molecular weight is 260 g/mol. The van der Waals surface area contributed by atoms with Gasteiger partial charge in [-0.2, -0.15) is 9.36 Å². The van der Waals surface area contributed by atoms with Crippen molar-refractivity contribution in [2.45, 2.75) is 6.42 Å². The second-order valence-corrected chi connectivity index (χ2v) is 5.09. The quantitative estimate of drug-likeness (QED) is 0.896. The molecule has 1 aliphatic heterocycles. The van der Waals surface area contributed by atoms with E-state index in [2.05, 4.69) is 31.7 Å². The van der Waals surface area contributed by atoms with Gasteiger partial charge >= 0.3 is 0 Å². The molecular weight excluding hydrogens is 244 g/mol. The monoisotopic (exact) mass is 260 g/mol. The van der Waals surface area contributed by atoms with E-state index in [1.807, 2.05) is 18.2 Å². The van der Waals surface area contributed by atoms with Gasteiger partial charge in [0.2, 0.25) is 5.13 Å². The molecule has 1 aliphatic rings. The molecule has 5 heteroatoms. The van der Waals surface area contributed by atoms with Gasteiger partial charge in [0.1, 0.15) is 0 Å². The van der Waals surface area contributed by atoms with E-state index < -0.39 is 0 Å². The minimum absolute atomic E-state index is 0.841. The third kappa shape index (κ3) is 2.52. The Hall–Kier alpha value is -1.46. The molecule has 0 aliphatic carbocycles. The summed E-state index contributed by atoms with van der Waals surface area (Å²) in [7, 11) is 0. The maximum Gasteiger partial charge on any atom is 0.205 e. The van der Waals surface area contributed by atoms with Crippen LogP contribution in [0, 0.1) is 0 Å². The number of nitrogens with one attached hydrogen (secondary N) is 1. The number of hydrogen-bond acceptors (Lipinski definition) is 5. The fourth-order valence-electron chi connectivity index (χ4n) is 2.09. The van der Waals surface area contributed by atoms with E-state index in [0.29, 0.717) is 0 Å². The van der Waals surface area contributed by atoms with Crippen molar-refractivity contribution >= 4 is 16.7 Å². The Morgan fingerprint density at radius 1 is 1.11 bits per heavy atom. The van der Waals surface area contributed by atoms with E-state index in [0.717, 1.165) is 42.7 Å². The molecule has 1 saturated heterocycles. The second kappa shape index (κ2) is 5.46. The maximum atomic E-state index is 4.65. The predicted octanol–water partition coefficient (Wildman–Crippen LogP) is 2.00. The van der Waals surface area contributed by atoms with E-state index in [1.54, 1.807) is 0 Å². The first-order valence-electron chi connectivity index (χ1n) is 6.28. The molecular formula is C13H16N4S. The lowest BCUT2D eigenvalue weighted by atomic mass is 10.2. The lowest BCUT2D eigenvalue weighted by molar-refractivity contribution is 0.724. The Balaban J connectivity index is 1.80. The molecule has 1 fully saturated rings. The van der Waals surface area contributed by atoms with Crippen molar-refractivity contribution in [1.29, 1.82) is 0 Å². The fourth-order valence-corrected chi connectivity index (χ4v) is 2.83. The molecule has 4 nitrogen and oxygen atoms in total. The summed E-state index contributed by atoms with van der Waals surface area (Å²) < 4.78 is 4.46. The van der Waals surface area contributed by atoms with E-state index >= 15 is 0 Å². The highest BCUT2D eigenvalue weighted by molar-refractivity contribution is 7.09. The Morgan fingerprint density at radius 2 is 2.00 bits per heavy atom. The molecule has 3 rings (SSSR count). The highest BCUT2D eigenvalue weighted by atomic mass is 32.1. The summed E-state index contributed by atoms with van der Waals surface area (Å²) in [6, 6.07) is 10.2. The van der Waals surface area contributed by atoms with Crippen molar-refractivity contribution in [2.24, 2.45) is 0 Å². The Bertz CT molecular complexity index is 489. The molecule has 1 N–H and O–H groups in total. The predicted molar refractivity (Wildman–Crippen MR) is 75.0 cm³/mol. The van der Waals surface area contributed by atoms with Gasteiger partial charge in [0, 0.05) is 36.7 Å². The molecule has 0 spiro atoms. The largest absolute Gasteiger partial charge is 0.346 e. The Labute approximate surface area is 111 Å². The summed E-state index contributed by atoms with van der Waals surface area (Å²) in [6.45, 7) is 4.21. The summed E-state index contributed by atoms with van der Waals surface area (Å²) in [5, 5.41) is 4.44. The normalized spacial score (nSPS) is 16.6. The first kappa shape index (κ1) is 11.6. The first-order valence-corrected chi connectivity index (χ1v) is 7.05. The lowest BCUT2D eigenvalue weighted by Gasteiger charge is -2.17. The number of benzene rings is 1. The zero-order valence-corrected chi connectivity index (χ0v) is 11.0. The van der Waals surface area contributed by atoms with Crippen molar-refractivity contribution in [3.63, 3.8) is 0 Å². The number of aromatic nitrogens is 2. The molecule has 0 bridgehead atoms. The highest BCUT2D eigenvalue weighted by Crippen LogP contribution is 2.23. The van der Waals surface area contributed by atoms with Crippen LogP contribution in [0.25, 0.3) is 11.4 Å². The van der Waals surface area contributed by atoms with Gasteiger partial charge in [-0.05, 0) is 13.0 Å². The lowest BCUT2D eigenvalue weighted by Crippen LogP contribution is -2.27. The van der Waals surface area contributed by atoms with Crippen LogP contribution in [0.1, 0.15) is 6.42 Å². The van der Waals surface area contributed by atoms with Crippen molar-refractivity contribution in [3.8, 4) is 11.4 Å². The summed E-state index contributed by atoms with van der Waals surface area (Å²) >= 11 is 1.50. The Morgan fingerprint density at radius 3 is 2.89 bits per heavy atom. The van der Waals surface area contributed by atoms with E-state index in [9.17, 15) is 0 Å². The fraction of sp³-hybridized carbons (Fsp3) is 0.385. The molecule has 0 unspecified atom stereocenters. The molecule has 94 valence electrons. The van der Waals surface area contributed by atoms with Crippen LogP contribution in [0.3, 0.4) is 0 Å². The van der Waals surface area contributed by atoms with Crippen molar-refractivity contribution in [2.75, 3.05) is 31.1 Å². The first-order chi connectivity index (χ1) is 8.93. The van der Waals surface area contributed by atoms with E-state index in [4.69, 9.17) is 0 Å². The highest BCUT2D eigenvalue weighted by Gasteiger charge is 2.14. The van der Waals surface area contributed by atoms with Gasteiger partial charge in [0.15, 0.2) is 5.82 Å². The van der Waals surface area contributed by atoms with Gasteiger partial charge in [-0.15, -0.1) is 0 Å². The van der Waals surface area contributed by atoms with Crippen LogP contribution in [0.15, 0.2) is 30.3 Å². The van der Waals surface area contributed by atoms with Crippen LogP contribution < -0.4 is 10.2 Å². The molecule has 2 aromatic rings. The molecule has 18 heavy (non-hydrogen) atoms. The summed E-state index contributed by atoms with van der Waals surface area (Å²) in [6.07, 6.45) is 1.17. The minimum Gasteiger partial charge on any atom is -0.346 e. The molecule has 1 aromatic heterocycles. The maximum absolute atomic E-state index is 4.65. The smallest absolute Gasteiger partial charge is 0.205 e. The van der Waals surface area contributed by atoms with Crippen LogP contribution >= 0.6 is 11.5 Å². The molecule has 0 radical (unpaired) electrons. The Kier molecular flexibility index (Phi) is 3.52. The third-order valence-electron chi connectivity index (χ3n) is 3.06. The van der Waals surface area contributed by atoms with Crippen molar-refractivity contribution < 1.29 is 0 Å². The topological polar surface area (TPSA) is 41.1 Å². The molecule has 2 heterocycles. The molecule has 1 aromatic carbocycles.